The predicted octanol–water partition coefficient (Wildman–Crippen LogP) is 2.55. The number of nitrogens with zero attached hydrogens (tertiary/aromatic N) is 2. The van der Waals surface area contributed by atoms with Crippen molar-refractivity contribution >= 4 is 5.91 Å². The van der Waals surface area contributed by atoms with Gasteiger partial charge in [-0.1, -0.05) is 0 Å². The number of rotatable bonds is 6. The Kier molecular flexibility index (Phi) is 6.25. The molecule has 1 aromatic carbocycles. The van der Waals surface area contributed by atoms with Crippen LogP contribution in [0, 0.1) is 5.92 Å². The Morgan fingerprint density at radius 2 is 1.62 bits per heavy atom. The van der Waals surface area contributed by atoms with Gasteiger partial charge in [-0.25, -0.2) is 0 Å². The van der Waals surface area contributed by atoms with E-state index in [9.17, 15) is 4.79 Å². The van der Waals surface area contributed by atoms with Gasteiger partial charge in [0.05, 0.1) is 27.2 Å². The van der Waals surface area contributed by atoms with Gasteiger partial charge in [0, 0.05) is 37.8 Å². The molecule has 0 radical (unpaired) electrons. The molecule has 6 heteroatoms. The molecule has 0 N–H and O–H groups in total. The Balaban J connectivity index is 1.70. The number of amides is 1. The summed E-state index contributed by atoms with van der Waals surface area (Å²) in [6, 6.07) is 3.84. The predicted molar refractivity (Wildman–Crippen MR) is 99.9 cm³/mol. The number of hydrogen-bond donors (Lipinski definition) is 0. The highest BCUT2D eigenvalue weighted by Gasteiger charge is 2.30. The van der Waals surface area contributed by atoms with Crippen molar-refractivity contribution in [2.24, 2.45) is 5.92 Å². The van der Waals surface area contributed by atoms with Gasteiger partial charge in [-0.2, -0.15) is 0 Å². The van der Waals surface area contributed by atoms with Gasteiger partial charge in [0.2, 0.25) is 5.91 Å². The second kappa shape index (κ2) is 8.62. The minimum absolute atomic E-state index is 0.119. The number of likely N-dealkylation sites (tertiary alicyclic amines) is 2. The second-order valence-corrected chi connectivity index (χ2v) is 7.13. The molecule has 0 spiro atoms. The quantitative estimate of drug-likeness (QED) is 0.778. The van der Waals surface area contributed by atoms with Gasteiger partial charge < -0.3 is 19.1 Å². The summed E-state index contributed by atoms with van der Waals surface area (Å²) in [5.41, 5.74) is 1.06. The van der Waals surface area contributed by atoms with Crippen LogP contribution in [0.5, 0.6) is 17.2 Å². The van der Waals surface area contributed by atoms with Crippen molar-refractivity contribution in [3.8, 4) is 17.2 Å². The molecule has 0 bridgehead atoms. The number of benzene rings is 1. The van der Waals surface area contributed by atoms with Crippen molar-refractivity contribution in [1.82, 2.24) is 9.80 Å². The van der Waals surface area contributed by atoms with Crippen LogP contribution in [0.2, 0.25) is 0 Å². The van der Waals surface area contributed by atoms with Crippen LogP contribution in [-0.2, 0) is 11.3 Å². The van der Waals surface area contributed by atoms with E-state index in [-0.39, 0.29) is 5.92 Å². The Morgan fingerprint density at radius 3 is 2.27 bits per heavy atom. The van der Waals surface area contributed by atoms with Gasteiger partial charge >= 0.3 is 0 Å². The van der Waals surface area contributed by atoms with Gasteiger partial charge in [-0.15, -0.1) is 0 Å². The first-order chi connectivity index (χ1) is 12.7. The third-order valence-corrected chi connectivity index (χ3v) is 5.45. The monoisotopic (exact) mass is 362 g/mol. The van der Waals surface area contributed by atoms with Crippen molar-refractivity contribution in [3.63, 3.8) is 0 Å². The average molecular weight is 362 g/mol. The summed E-state index contributed by atoms with van der Waals surface area (Å²) in [4.78, 5) is 17.1. The molecule has 0 aromatic heterocycles. The molecular formula is C20H30N2O4. The van der Waals surface area contributed by atoms with Crippen LogP contribution in [0.4, 0.5) is 0 Å². The lowest BCUT2D eigenvalue weighted by atomic mass is 9.96. The van der Waals surface area contributed by atoms with E-state index >= 15 is 0 Å². The molecule has 1 aromatic rings. The molecule has 144 valence electrons. The van der Waals surface area contributed by atoms with E-state index in [1.807, 2.05) is 17.0 Å². The maximum atomic E-state index is 12.7. The zero-order chi connectivity index (χ0) is 18.5. The molecule has 6 nitrogen and oxygen atoms in total. The Hall–Kier alpha value is -1.95. The molecule has 26 heavy (non-hydrogen) atoms. The minimum atomic E-state index is 0.119. The van der Waals surface area contributed by atoms with Gasteiger partial charge in [-0.3, -0.25) is 9.69 Å². The van der Waals surface area contributed by atoms with Crippen molar-refractivity contribution in [2.75, 3.05) is 47.5 Å². The highest BCUT2D eigenvalue weighted by Crippen LogP contribution is 2.35. The van der Waals surface area contributed by atoms with E-state index in [4.69, 9.17) is 14.2 Å². The summed E-state index contributed by atoms with van der Waals surface area (Å²) >= 11 is 0. The highest BCUT2D eigenvalue weighted by molar-refractivity contribution is 5.79. The molecule has 0 saturated carbocycles. The third-order valence-electron chi connectivity index (χ3n) is 5.45. The van der Waals surface area contributed by atoms with E-state index in [1.165, 1.54) is 0 Å². The van der Waals surface area contributed by atoms with Crippen molar-refractivity contribution in [1.29, 1.82) is 0 Å². The van der Waals surface area contributed by atoms with E-state index in [0.29, 0.717) is 17.4 Å². The molecule has 2 heterocycles. The molecule has 2 aliphatic heterocycles. The molecule has 2 aliphatic rings. The molecule has 0 unspecified atom stereocenters. The van der Waals surface area contributed by atoms with Crippen LogP contribution < -0.4 is 14.2 Å². The second-order valence-electron chi connectivity index (χ2n) is 7.13. The average Bonchev–Trinajstić information content (AvgIpc) is 3.22. The fourth-order valence-electron chi connectivity index (χ4n) is 4.05. The number of ether oxygens (including phenoxy) is 3. The lowest BCUT2D eigenvalue weighted by Crippen LogP contribution is -2.43. The van der Waals surface area contributed by atoms with Gasteiger partial charge in [-0.05, 0) is 38.3 Å². The maximum absolute atomic E-state index is 12.7. The topological polar surface area (TPSA) is 51.2 Å². The number of methoxy groups -OCH3 is 3. The first-order valence-electron chi connectivity index (χ1n) is 9.46. The number of hydrogen-bond acceptors (Lipinski definition) is 5. The smallest absolute Gasteiger partial charge is 0.226 e. The van der Waals surface area contributed by atoms with Gasteiger partial charge in [0.25, 0.3) is 0 Å². The van der Waals surface area contributed by atoms with Crippen LogP contribution in [0.3, 0.4) is 0 Å². The molecule has 2 saturated heterocycles. The van der Waals surface area contributed by atoms with E-state index in [0.717, 1.165) is 69.7 Å². The SMILES string of the molecule is COc1cc(OC)c(OC)cc1CN1CCC[C@H](C(=O)N2CCCC2)C1. The molecule has 1 amide bonds. The standard InChI is InChI=1S/C20H30N2O4/c1-24-17-12-19(26-3)18(25-2)11-16(17)14-21-8-6-7-15(13-21)20(23)22-9-4-5-10-22/h11-12,15H,4-10,13-14H2,1-3H3/t15-/m0/s1. The summed E-state index contributed by atoms with van der Waals surface area (Å²) in [5, 5.41) is 0. The fourth-order valence-corrected chi connectivity index (χ4v) is 4.05. The van der Waals surface area contributed by atoms with Crippen LogP contribution in [-0.4, -0.2) is 63.2 Å². The van der Waals surface area contributed by atoms with Crippen LogP contribution in [0.15, 0.2) is 12.1 Å². The lowest BCUT2D eigenvalue weighted by Gasteiger charge is -2.34. The Morgan fingerprint density at radius 1 is 0.962 bits per heavy atom. The van der Waals surface area contributed by atoms with Crippen LogP contribution in [0.25, 0.3) is 0 Å². The number of carbonyl (C=O) groups excluding carboxylic acids is 1. The summed E-state index contributed by atoms with van der Waals surface area (Å²) in [7, 11) is 4.93. The van der Waals surface area contributed by atoms with E-state index in [1.54, 1.807) is 21.3 Å². The van der Waals surface area contributed by atoms with E-state index in [2.05, 4.69) is 4.90 Å². The molecule has 3 rings (SSSR count). The van der Waals surface area contributed by atoms with Gasteiger partial charge in [0.1, 0.15) is 5.75 Å². The summed E-state index contributed by atoms with van der Waals surface area (Å²) in [5.74, 6) is 2.61. The Bertz CT molecular complexity index is 628. The highest BCUT2D eigenvalue weighted by atomic mass is 16.5. The maximum Gasteiger partial charge on any atom is 0.226 e. The molecule has 2 fully saturated rings. The van der Waals surface area contributed by atoms with Gasteiger partial charge in [0.15, 0.2) is 11.5 Å². The molecular weight excluding hydrogens is 332 g/mol. The summed E-state index contributed by atoms with van der Waals surface area (Å²) < 4.78 is 16.3. The largest absolute Gasteiger partial charge is 0.496 e. The normalized spacial score (nSPS) is 20.9. The van der Waals surface area contributed by atoms with E-state index < -0.39 is 0 Å². The first-order valence-corrected chi connectivity index (χ1v) is 9.46. The van der Waals surface area contributed by atoms with Crippen LogP contribution >= 0.6 is 0 Å². The third kappa shape index (κ3) is 4.06. The van der Waals surface area contributed by atoms with Crippen molar-refractivity contribution in [2.45, 2.75) is 32.2 Å². The summed E-state index contributed by atoms with van der Waals surface area (Å²) in [6.07, 6.45) is 4.34. The zero-order valence-corrected chi connectivity index (χ0v) is 16.1. The lowest BCUT2D eigenvalue weighted by molar-refractivity contribution is -0.136. The number of piperidine rings is 1. The van der Waals surface area contributed by atoms with Crippen molar-refractivity contribution < 1.29 is 19.0 Å². The molecule has 1 atom stereocenters. The first kappa shape index (κ1) is 18.8. The fraction of sp³-hybridized carbons (Fsp3) is 0.650. The number of carbonyl (C=O) groups is 1. The zero-order valence-electron chi connectivity index (χ0n) is 16.1. The van der Waals surface area contributed by atoms with Crippen LogP contribution in [0.1, 0.15) is 31.2 Å². The summed E-state index contributed by atoms with van der Waals surface area (Å²) in [6.45, 7) is 4.42. The van der Waals surface area contributed by atoms with Crippen molar-refractivity contribution in [3.05, 3.63) is 17.7 Å². The Labute approximate surface area is 156 Å². The minimum Gasteiger partial charge on any atom is -0.496 e. The molecule has 0 aliphatic carbocycles.